The molecule has 0 saturated carbocycles. The zero-order valence-electron chi connectivity index (χ0n) is 35.2. The Kier molecular flexibility index (Phi) is 12.9. The van der Waals surface area contributed by atoms with Crippen molar-refractivity contribution in [2.45, 2.75) is 0 Å². The van der Waals surface area contributed by atoms with Crippen LogP contribution in [0.25, 0.3) is 55.4 Å². The Bertz CT molecular complexity index is 2920. The van der Waals surface area contributed by atoms with Crippen LogP contribution in [0.3, 0.4) is 0 Å². The highest BCUT2D eigenvalue weighted by atomic mass is 16.7. The first-order chi connectivity index (χ1) is 31.4. The van der Waals surface area contributed by atoms with Crippen molar-refractivity contribution in [3.05, 3.63) is 167 Å². The van der Waals surface area contributed by atoms with Crippen LogP contribution >= 0.6 is 0 Å². The number of ether oxygens (including phenoxy) is 6. The molecular formula is C52H38N4O8. The van der Waals surface area contributed by atoms with E-state index in [2.05, 4.69) is 43.6 Å². The number of carbonyl (C=O) groups excluding carboxylic acids is 2. The Morgan fingerprint density at radius 2 is 0.859 bits per heavy atom. The monoisotopic (exact) mass is 846 g/mol. The molecule has 4 heterocycles. The van der Waals surface area contributed by atoms with E-state index in [1.165, 1.54) is 26.6 Å². The number of fused-ring (bicyclic) bond motifs is 2. The minimum Gasteiger partial charge on any atom is -0.466 e. The smallest absolute Gasteiger partial charge is 0.339 e. The number of carbonyl (C=O) groups is 2. The number of hydrogen-bond donors (Lipinski definition) is 0. The Morgan fingerprint density at radius 3 is 1.20 bits per heavy atom. The molecule has 0 amide bonds. The fraction of sp³-hybridized carbons (Fsp3) is 0.115. The topological polar surface area (TPSA) is 141 Å². The first-order valence-electron chi connectivity index (χ1n) is 19.8. The lowest BCUT2D eigenvalue weighted by Gasteiger charge is -2.21. The second kappa shape index (κ2) is 19.5. The van der Waals surface area contributed by atoms with Crippen LogP contribution in [-0.2, 0) is 18.9 Å². The van der Waals surface area contributed by atoms with Crippen LogP contribution in [0, 0.1) is 23.7 Å². The van der Waals surface area contributed by atoms with Crippen molar-refractivity contribution in [2.75, 3.05) is 42.0 Å². The van der Waals surface area contributed by atoms with Crippen molar-refractivity contribution in [1.82, 2.24) is 19.9 Å². The molecule has 0 saturated heterocycles. The third kappa shape index (κ3) is 9.10. The summed E-state index contributed by atoms with van der Waals surface area (Å²) in [6.07, 6.45) is 6.26. The largest absolute Gasteiger partial charge is 0.466 e. The molecule has 0 aliphatic rings. The van der Waals surface area contributed by atoms with E-state index in [0.717, 1.165) is 32.7 Å². The molecule has 64 heavy (non-hydrogen) atoms. The van der Waals surface area contributed by atoms with Crippen LogP contribution in [0.2, 0.25) is 0 Å². The van der Waals surface area contributed by atoms with E-state index >= 15 is 0 Å². The van der Waals surface area contributed by atoms with Crippen LogP contribution < -0.4 is 9.47 Å². The summed E-state index contributed by atoms with van der Waals surface area (Å²) in [4.78, 5) is 41.7. The summed E-state index contributed by atoms with van der Waals surface area (Å²) in [6, 6.07) is 34.1. The zero-order chi connectivity index (χ0) is 44.4. The first kappa shape index (κ1) is 42.3. The molecule has 0 atom stereocenters. The highest BCUT2D eigenvalue weighted by molar-refractivity contribution is 6.11. The molecule has 8 rings (SSSR count). The van der Waals surface area contributed by atoms with Gasteiger partial charge in [-0.15, -0.1) is 0 Å². The number of hydrogen-bond acceptors (Lipinski definition) is 12. The second-order valence-electron chi connectivity index (χ2n) is 14.0. The lowest BCUT2D eigenvalue weighted by molar-refractivity contribution is 0.0500. The molecular weight excluding hydrogens is 809 g/mol. The summed E-state index contributed by atoms with van der Waals surface area (Å²) < 4.78 is 33.5. The summed E-state index contributed by atoms with van der Waals surface area (Å²) in [5.74, 6) is 13.3. The van der Waals surface area contributed by atoms with E-state index < -0.39 is 11.9 Å². The molecule has 0 unspecified atom stereocenters. The predicted molar refractivity (Wildman–Crippen MR) is 241 cm³/mol. The minimum atomic E-state index is -0.463. The summed E-state index contributed by atoms with van der Waals surface area (Å²) in [5, 5.41) is 3.61. The molecule has 4 aromatic heterocycles. The summed E-state index contributed by atoms with van der Waals surface area (Å²) in [7, 11) is 5.78. The van der Waals surface area contributed by atoms with Crippen molar-refractivity contribution in [2.24, 2.45) is 0 Å². The molecule has 0 fully saturated rings. The number of esters is 2. The van der Waals surface area contributed by atoms with Gasteiger partial charge in [-0.3, -0.25) is 19.9 Å². The van der Waals surface area contributed by atoms with Gasteiger partial charge in [-0.05, 0) is 82.2 Å². The van der Waals surface area contributed by atoms with Gasteiger partial charge in [0, 0.05) is 61.3 Å². The molecule has 0 bridgehead atoms. The lowest BCUT2D eigenvalue weighted by Crippen LogP contribution is -2.06. The van der Waals surface area contributed by atoms with Gasteiger partial charge < -0.3 is 28.4 Å². The third-order valence-corrected chi connectivity index (χ3v) is 10.00. The fourth-order valence-corrected chi connectivity index (χ4v) is 6.96. The summed E-state index contributed by atoms with van der Waals surface area (Å²) in [6.45, 7) is -0.116. The SMILES string of the molecule is COCOc1c(C#Cc2ccc(-c3ccc(C(=O)OC)cn3)nc2)cc2ccccc2c1-c1c(OCOC)c(C#Cc2ccc(-c3ccc(C(=O)OC)cn3)nc2)cc2ccccc12. The molecule has 0 aliphatic heterocycles. The van der Waals surface area contributed by atoms with E-state index in [1.807, 2.05) is 84.9 Å². The van der Waals surface area contributed by atoms with Crippen molar-refractivity contribution < 1.29 is 38.0 Å². The van der Waals surface area contributed by atoms with Crippen LogP contribution in [-0.4, -0.2) is 73.9 Å². The van der Waals surface area contributed by atoms with Gasteiger partial charge >= 0.3 is 11.9 Å². The Balaban J connectivity index is 1.24. The van der Waals surface area contributed by atoms with Gasteiger partial charge in [0.1, 0.15) is 11.5 Å². The van der Waals surface area contributed by atoms with Crippen LogP contribution in [0.4, 0.5) is 0 Å². The number of methoxy groups -OCH3 is 4. The van der Waals surface area contributed by atoms with E-state index in [9.17, 15) is 9.59 Å². The molecule has 8 aromatic rings. The van der Waals surface area contributed by atoms with Gasteiger partial charge in [0.2, 0.25) is 0 Å². The predicted octanol–water partition coefficient (Wildman–Crippen LogP) is 8.91. The average molecular weight is 847 g/mol. The van der Waals surface area contributed by atoms with E-state index in [-0.39, 0.29) is 13.6 Å². The molecule has 314 valence electrons. The van der Waals surface area contributed by atoms with Gasteiger partial charge in [-0.2, -0.15) is 0 Å². The van der Waals surface area contributed by atoms with Gasteiger partial charge in [-0.25, -0.2) is 9.59 Å². The standard InChI is InChI=1S/C52H38N4O8/c1-59-31-63-49-37(17-13-33-15-21-43(53-27-33)45-23-19-39(29-55-45)51(57)61-3)25-35-9-5-7-11-41(35)47(49)48-42-12-8-6-10-36(42)26-38(50(48)64-32-60-2)18-14-34-16-22-44(54-28-34)46-24-20-40(30-56-46)52(58)62-4/h5-12,15-16,19-30H,31-32H2,1-4H3. The number of nitrogens with zero attached hydrogens (tertiary/aromatic N) is 4. The number of rotatable bonds is 11. The Morgan fingerprint density at radius 1 is 0.469 bits per heavy atom. The number of pyridine rings is 4. The number of benzene rings is 4. The Labute approximate surface area is 368 Å². The quantitative estimate of drug-likeness (QED) is 0.0697. The molecule has 0 radical (unpaired) electrons. The Hall–Kier alpha value is -8.42. The van der Waals surface area contributed by atoms with E-state index in [1.54, 1.807) is 50.9 Å². The van der Waals surface area contributed by atoms with Gasteiger partial charge in [-0.1, -0.05) is 72.2 Å². The summed E-state index contributed by atoms with van der Waals surface area (Å²) >= 11 is 0. The third-order valence-electron chi connectivity index (χ3n) is 10.00. The highest BCUT2D eigenvalue weighted by Crippen LogP contribution is 2.48. The van der Waals surface area contributed by atoms with Crippen LogP contribution in [0.5, 0.6) is 11.5 Å². The first-order valence-corrected chi connectivity index (χ1v) is 19.8. The summed E-state index contributed by atoms with van der Waals surface area (Å²) in [5.41, 5.74) is 7.12. The lowest BCUT2D eigenvalue weighted by atomic mass is 9.88. The molecule has 12 nitrogen and oxygen atoms in total. The zero-order valence-corrected chi connectivity index (χ0v) is 35.2. The normalized spacial score (nSPS) is 10.6. The van der Waals surface area contributed by atoms with Gasteiger partial charge in [0.25, 0.3) is 0 Å². The molecule has 0 N–H and O–H groups in total. The maximum Gasteiger partial charge on any atom is 0.339 e. The molecule has 12 heteroatoms. The molecule has 4 aromatic carbocycles. The van der Waals surface area contributed by atoms with E-state index in [0.29, 0.717) is 67.7 Å². The fourth-order valence-electron chi connectivity index (χ4n) is 6.96. The second-order valence-corrected chi connectivity index (χ2v) is 14.0. The van der Waals surface area contributed by atoms with Gasteiger partial charge in [0.05, 0.1) is 59.2 Å². The van der Waals surface area contributed by atoms with Crippen LogP contribution in [0.1, 0.15) is 43.0 Å². The maximum absolute atomic E-state index is 11.9. The van der Waals surface area contributed by atoms with Crippen molar-refractivity contribution in [1.29, 1.82) is 0 Å². The van der Waals surface area contributed by atoms with E-state index in [4.69, 9.17) is 28.4 Å². The van der Waals surface area contributed by atoms with Crippen molar-refractivity contribution in [3.63, 3.8) is 0 Å². The van der Waals surface area contributed by atoms with Crippen molar-refractivity contribution in [3.8, 4) is 69.1 Å². The average Bonchev–Trinajstić information content (AvgIpc) is 3.35. The van der Waals surface area contributed by atoms with Crippen molar-refractivity contribution >= 4 is 33.5 Å². The minimum absolute atomic E-state index is 0.0579. The molecule has 0 spiro atoms. The highest BCUT2D eigenvalue weighted by Gasteiger charge is 2.24. The maximum atomic E-state index is 11.9. The van der Waals surface area contributed by atoms with Gasteiger partial charge in [0.15, 0.2) is 13.6 Å². The van der Waals surface area contributed by atoms with Crippen LogP contribution in [0.15, 0.2) is 134 Å². The molecule has 0 aliphatic carbocycles. The number of aromatic nitrogens is 4.